The van der Waals surface area contributed by atoms with Crippen LogP contribution in [-0.4, -0.2) is 33.9 Å². The van der Waals surface area contributed by atoms with Crippen molar-refractivity contribution in [3.05, 3.63) is 64.5 Å². The van der Waals surface area contributed by atoms with Gasteiger partial charge in [-0.05, 0) is 30.7 Å². The molecule has 0 spiro atoms. The standard InChI is InChI=1S/C22H19ClF2N4O4/c1-11-5-13-17(23)16(10-29-20(30)15(9-26)19-27-3-2-4-28-19)33-18(13)14(6-11)21(31)32-12-7-22(24,25)8-12/h2-6,9,12H,7-8,10,26H2,1H3,(H,29,30)/b15-9+. The maximum absolute atomic E-state index is 13.1. The van der Waals surface area contributed by atoms with Crippen LogP contribution in [0.4, 0.5) is 8.78 Å². The van der Waals surface area contributed by atoms with Gasteiger partial charge in [-0.2, -0.15) is 0 Å². The molecule has 0 unspecified atom stereocenters. The lowest BCUT2D eigenvalue weighted by Gasteiger charge is -2.34. The van der Waals surface area contributed by atoms with Crippen molar-refractivity contribution in [3.63, 3.8) is 0 Å². The minimum Gasteiger partial charge on any atom is -0.458 e. The number of aryl methyl sites for hydroxylation is 1. The molecule has 0 atom stereocenters. The van der Waals surface area contributed by atoms with Crippen LogP contribution in [-0.2, 0) is 16.1 Å². The van der Waals surface area contributed by atoms with Gasteiger partial charge < -0.3 is 20.2 Å². The van der Waals surface area contributed by atoms with E-state index in [1.807, 2.05) is 0 Å². The second-order valence-corrected chi connectivity index (χ2v) is 8.03. The topological polar surface area (TPSA) is 120 Å². The van der Waals surface area contributed by atoms with E-state index in [0.29, 0.717) is 10.9 Å². The number of rotatable bonds is 6. The first-order valence-corrected chi connectivity index (χ1v) is 10.3. The monoisotopic (exact) mass is 476 g/mol. The second-order valence-electron chi connectivity index (χ2n) is 7.66. The van der Waals surface area contributed by atoms with E-state index in [-0.39, 0.29) is 39.9 Å². The number of alkyl halides is 2. The molecule has 1 aliphatic rings. The number of benzene rings is 1. The number of nitrogens with one attached hydrogen (secondary N) is 1. The molecular weight excluding hydrogens is 458 g/mol. The van der Waals surface area contributed by atoms with E-state index in [2.05, 4.69) is 15.3 Å². The number of nitrogens with zero attached hydrogens (tertiary/aromatic N) is 2. The highest BCUT2D eigenvalue weighted by atomic mass is 35.5. The molecule has 0 bridgehead atoms. The molecule has 1 amide bonds. The van der Waals surface area contributed by atoms with Gasteiger partial charge in [0.05, 0.1) is 17.1 Å². The molecule has 0 saturated heterocycles. The first-order chi connectivity index (χ1) is 15.7. The number of hydrogen-bond donors (Lipinski definition) is 2. The molecule has 0 radical (unpaired) electrons. The van der Waals surface area contributed by atoms with Crippen LogP contribution in [0.5, 0.6) is 0 Å². The lowest BCUT2D eigenvalue weighted by atomic mass is 9.91. The fourth-order valence-corrected chi connectivity index (χ4v) is 3.73. The largest absolute Gasteiger partial charge is 0.458 e. The third-order valence-electron chi connectivity index (χ3n) is 5.11. The number of halogens is 3. The first kappa shape index (κ1) is 22.7. The molecule has 0 aliphatic heterocycles. The van der Waals surface area contributed by atoms with Crippen molar-refractivity contribution in [1.82, 2.24) is 15.3 Å². The lowest BCUT2D eigenvalue weighted by molar-refractivity contribution is -0.146. The van der Waals surface area contributed by atoms with Crippen molar-refractivity contribution < 1.29 is 27.5 Å². The van der Waals surface area contributed by atoms with Gasteiger partial charge >= 0.3 is 5.97 Å². The SMILES string of the molecule is Cc1cc(C(=O)OC2CC(F)(F)C2)c2oc(CNC(=O)/C(=C/N)c3ncccn3)c(Cl)c2c1. The van der Waals surface area contributed by atoms with Crippen molar-refractivity contribution >= 4 is 40.0 Å². The molecule has 1 fully saturated rings. The normalized spacial score (nSPS) is 15.8. The summed E-state index contributed by atoms with van der Waals surface area (Å²) in [5.41, 5.74) is 6.52. The number of amides is 1. The number of fused-ring (bicyclic) bond motifs is 1. The van der Waals surface area contributed by atoms with Crippen LogP contribution < -0.4 is 11.1 Å². The van der Waals surface area contributed by atoms with E-state index >= 15 is 0 Å². The summed E-state index contributed by atoms with van der Waals surface area (Å²) in [4.78, 5) is 33.2. The van der Waals surface area contributed by atoms with Gasteiger partial charge in [0, 0.05) is 36.8 Å². The Morgan fingerprint density at radius 2 is 2.03 bits per heavy atom. The summed E-state index contributed by atoms with van der Waals surface area (Å²) < 4.78 is 37.1. The average Bonchev–Trinajstić information content (AvgIpc) is 3.07. The number of furan rings is 1. The third-order valence-corrected chi connectivity index (χ3v) is 5.53. The quantitative estimate of drug-likeness (QED) is 0.410. The smallest absolute Gasteiger partial charge is 0.342 e. The molecule has 172 valence electrons. The van der Waals surface area contributed by atoms with E-state index < -0.39 is 36.7 Å². The van der Waals surface area contributed by atoms with Gasteiger partial charge in [-0.15, -0.1) is 0 Å². The number of esters is 1. The Morgan fingerprint density at radius 1 is 1.33 bits per heavy atom. The third kappa shape index (κ3) is 4.65. The molecule has 2 heterocycles. The predicted octanol–water partition coefficient (Wildman–Crippen LogP) is 3.76. The van der Waals surface area contributed by atoms with Crippen molar-refractivity contribution in [2.45, 2.75) is 38.3 Å². The van der Waals surface area contributed by atoms with E-state index in [9.17, 15) is 18.4 Å². The van der Waals surface area contributed by atoms with Crippen molar-refractivity contribution in [2.24, 2.45) is 5.73 Å². The first-order valence-electron chi connectivity index (χ1n) is 9.96. The Morgan fingerprint density at radius 3 is 2.67 bits per heavy atom. The lowest BCUT2D eigenvalue weighted by Crippen LogP contribution is -2.42. The summed E-state index contributed by atoms with van der Waals surface area (Å²) in [6.45, 7) is 1.63. The fourth-order valence-electron chi connectivity index (χ4n) is 3.48. The molecule has 1 aliphatic carbocycles. The molecule has 3 aromatic rings. The van der Waals surface area contributed by atoms with E-state index in [1.54, 1.807) is 19.1 Å². The van der Waals surface area contributed by atoms with Crippen LogP contribution in [0.25, 0.3) is 16.5 Å². The van der Waals surface area contributed by atoms with Gasteiger partial charge in [0.1, 0.15) is 17.4 Å². The maximum Gasteiger partial charge on any atom is 0.342 e. The van der Waals surface area contributed by atoms with Crippen molar-refractivity contribution in [3.8, 4) is 0 Å². The highest BCUT2D eigenvalue weighted by Gasteiger charge is 2.47. The van der Waals surface area contributed by atoms with E-state index in [4.69, 9.17) is 26.5 Å². The number of aromatic nitrogens is 2. The second kappa shape index (κ2) is 8.78. The van der Waals surface area contributed by atoms with Gasteiger partial charge in [-0.3, -0.25) is 4.79 Å². The van der Waals surface area contributed by atoms with Gasteiger partial charge in [0.2, 0.25) is 0 Å². The average molecular weight is 477 g/mol. The minimum absolute atomic E-state index is 0.0558. The summed E-state index contributed by atoms with van der Waals surface area (Å²) in [6, 6.07) is 4.85. The molecule has 4 rings (SSSR count). The van der Waals surface area contributed by atoms with Crippen molar-refractivity contribution in [1.29, 1.82) is 0 Å². The Balaban J connectivity index is 1.54. The van der Waals surface area contributed by atoms with Crippen LogP contribution >= 0.6 is 11.6 Å². The molecule has 11 heteroatoms. The van der Waals surface area contributed by atoms with E-state index in [0.717, 1.165) is 6.20 Å². The van der Waals surface area contributed by atoms with Gasteiger partial charge in [-0.1, -0.05) is 11.6 Å². The van der Waals surface area contributed by atoms with Crippen LogP contribution in [0.1, 0.15) is 40.3 Å². The summed E-state index contributed by atoms with van der Waals surface area (Å²) >= 11 is 6.44. The zero-order chi connectivity index (χ0) is 23.8. The molecule has 8 nitrogen and oxygen atoms in total. The van der Waals surface area contributed by atoms with Crippen molar-refractivity contribution in [2.75, 3.05) is 0 Å². The maximum atomic E-state index is 13.1. The fraction of sp³-hybridized carbons (Fsp3) is 0.273. The summed E-state index contributed by atoms with van der Waals surface area (Å²) in [6.07, 6.45) is 2.17. The summed E-state index contributed by atoms with van der Waals surface area (Å²) in [5.74, 6) is -3.80. The van der Waals surface area contributed by atoms with Gasteiger partial charge in [-0.25, -0.2) is 23.5 Å². The number of carbonyl (C=O) groups excluding carboxylic acids is 2. The van der Waals surface area contributed by atoms with Gasteiger partial charge in [0.25, 0.3) is 11.8 Å². The zero-order valence-electron chi connectivity index (χ0n) is 17.4. The Labute approximate surface area is 191 Å². The zero-order valence-corrected chi connectivity index (χ0v) is 18.2. The molecular formula is C22H19ClF2N4O4. The molecule has 2 aromatic heterocycles. The Hall–Kier alpha value is -3.53. The molecule has 1 saturated carbocycles. The molecule has 1 aromatic carbocycles. The number of ether oxygens (including phenoxy) is 1. The Bertz CT molecular complexity index is 1250. The molecule has 33 heavy (non-hydrogen) atoms. The summed E-state index contributed by atoms with van der Waals surface area (Å²) in [5, 5.41) is 3.27. The van der Waals surface area contributed by atoms with Gasteiger partial charge in [0.15, 0.2) is 11.4 Å². The predicted molar refractivity (Wildman–Crippen MR) is 115 cm³/mol. The van der Waals surface area contributed by atoms with Crippen LogP contribution in [0.3, 0.4) is 0 Å². The van der Waals surface area contributed by atoms with E-state index in [1.165, 1.54) is 18.5 Å². The number of carbonyl (C=O) groups is 2. The van der Waals surface area contributed by atoms with Crippen LogP contribution in [0, 0.1) is 6.92 Å². The Kier molecular flexibility index (Phi) is 6.03. The highest BCUT2D eigenvalue weighted by molar-refractivity contribution is 6.36. The van der Waals surface area contributed by atoms with Crippen LogP contribution in [0.2, 0.25) is 5.02 Å². The molecule has 3 N–H and O–H groups in total. The highest BCUT2D eigenvalue weighted by Crippen LogP contribution is 2.40. The number of hydrogen-bond acceptors (Lipinski definition) is 7. The van der Waals surface area contributed by atoms with Crippen LogP contribution in [0.15, 0.2) is 41.2 Å². The number of nitrogens with two attached hydrogens (primary N) is 1. The minimum atomic E-state index is -2.81. The summed E-state index contributed by atoms with van der Waals surface area (Å²) in [7, 11) is 0.